The van der Waals surface area contributed by atoms with E-state index in [1.165, 1.54) is 7.11 Å². The van der Waals surface area contributed by atoms with Crippen molar-refractivity contribution >= 4 is 11.9 Å². The van der Waals surface area contributed by atoms with Gasteiger partial charge >= 0.3 is 5.97 Å². The van der Waals surface area contributed by atoms with Crippen LogP contribution in [0.3, 0.4) is 0 Å². The van der Waals surface area contributed by atoms with Crippen molar-refractivity contribution in [3.8, 4) is 5.75 Å². The first-order valence-electron chi connectivity index (χ1n) is 7.84. The molecule has 6 nitrogen and oxygen atoms in total. The molecule has 0 bridgehead atoms. The maximum absolute atomic E-state index is 11.6. The second kappa shape index (κ2) is 8.41. The van der Waals surface area contributed by atoms with Crippen LogP contribution in [0.15, 0.2) is 29.3 Å². The molecule has 126 valence electrons. The summed E-state index contributed by atoms with van der Waals surface area (Å²) in [6.45, 7) is 2.29. The van der Waals surface area contributed by atoms with Crippen LogP contribution in [0.25, 0.3) is 0 Å². The highest BCUT2D eigenvalue weighted by atomic mass is 16.5. The quantitative estimate of drug-likeness (QED) is 0.519. The Labute approximate surface area is 137 Å². The number of nitrogens with zero attached hydrogens (tertiary/aromatic N) is 2. The highest BCUT2D eigenvalue weighted by Crippen LogP contribution is 2.18. The smallest absolute Gasteiger partial charge is 0.308 e. The van der Waals surface area contributed by atoms with E-state index in [2.05, 4.69) is 15.2 Å². The first kappa shape index (κ1) is 17.1. The van der Waals surface area contributed by atoms with Crippen molar-refractivity contribution in [1.82, 2.24) is 10.2 Å². The molecule has 1 aliphatic heterocycles. The van der Waals surface area contributed by atoms with Crippen LogP contribution in [0, 0.1) is 5.92 Å². The fraction of sp³-hybridized carbons (Fsp3) is 0.529. The SMILES string of the molecule is CN=C(NCc1cccc(OC)c1)N1CCC(C(=O)OC)CC1. The van der Waals surface area contributed by atoms with E-state index in [1.54, 1.807) is 14.2 Å². The molecule has 0 saturated carbocycles. The van der Waals surface area contributed by atoms with Crippen LogP contribution in [0.1, 0.15) is 18.4 Å². The van der Waals surface area contributed by atoms with Gasteiger partial charge in [0.15, 0.2) is 5.96 Å². The minimum absolute atomic E-state index is 0.00717. The number of hydrogen-bond donors (Lipinski definition) is 1. The predicted molar refractivity (Wildman–Crippen MR) is 89.5 cm³/mol. The monoisotopic (exact) mass is 319 g/mol. The van der Waals surface area contributed by atoms with Crippen LogP contribution >= 0.6 is 0 Å². The number of rotatable bonds is 4. The summed E-state index contributed by atoms with van der Waals surface area (Å²) in [4.78, 5) is 18.1. The van der Waals surface area contributed by atoms with Gasteiger partial charge in [0, 0.05) is 26.7 Å². The Kier molecular flexibility index (Phi) is 6.26. The van der Waals surface area contributed by atoms with Crippen molar-refractivity contribution in [1.29, 1.82) is 0 Å². The molecule has 1 aromatic rings. The minimum Gasteiger partial charge on any atom is -0.497 e. The molecule has 0 spiro atoms. The summed E-state index contributed by atoms with van der Waals surface area (Å²) in [5.74, 6) is 1.60. The zero-order valence-corrected chi connectivity index (χ0v) is 14.0. The number of esters is 1. The molecule has 2 rings (SSSR count). The number of benzene rings is 1. The zero-order valence-electron chi connectivity index (χ0n) is 14.0. The number of ether oxygens (including phenoxy) is 2. The van der Waals surface area contributed by atoms with Gasteiger partial charge in [0.2, 0.25) is 0 Å². The summed E-state index contributed by atoms with van der Waals surface area (Å²) < 4.78 is 10.1. The molecule has 1 N–H and O–H groups in total. The number of piperidine rings is 1. The molecule has 1 fully saturated rings. The highest BCUT2D eigenvalue weighted by Gasteiger charge is 2.26. The predicted octanol–water partition coefficient (Wildman–Crippen LogP) is 1.66. The maximum atomic E-state index is 11.6. The molecule has 0 unspecified atom stereocenters. The molecule has 6 heteroatoms. The summed E-state index contributed by atoms with van der Waals surface area (Å²) in [6.07, 6.45) is 1.60. The summed E-state index contributed by atoms with van der Waals surface area (Å²) in [6, 6.07) is 7.95. The number of carbonyl (C=O) groups is 1. The van der Waals surface area contributed by atoms with Crippen molar-refractivity contribution in [2.24, 2.45) is 10.9 Å². The minimum atomic E-state index is -0.107. The van der Waals surface area contributed by atoms with Gasteiger partial charge in [-0.1, -0.05) is 12.1 Å². The third-order valence-corrected chi connectivity index (χ3v) is 4.13. The van der Waals surface area contributed by atoms with Gasteiger partial charge in [-0.2, -0.15) is 0 Å². The van der Waals surface area contributed by atoms with Gasteiger partial charge in [0.1, 0.15) is 5.75 Å². The number of methoxy groups -OCH3 is 2. The molecule has 0 amide bonds. The van der Waals surface area contributed by atoms with E-state index in [1.807, 2.05) is 24.3 Å². The third-order valence-electron chi connectivity index (χ3n) is 4.13. The Morgan fingerprint density at radius 2 is 2.09 bits per heavy atom. The summed E-state index contributed by atoms with van der Waals surface area (Å²) in [7, 11) is 4.89. The Hall–Kier alpha value is -2.24. The Morgan fingerprint density at radius 3 is 2.70 bits per heavy atom. The van der Waals surface area contributed by atoms with Gasteiger partial charge in [-0.25, -0.2) is 0 Å². The van der Waals surface area contributed by atoms with Gasteiger partial charge < -0.3 is 19.7 Å². The Balaban J connectivity index is 1.87. The van der Waals surface area contributed by atoms with Crippen LogP contribution in [-0.4, -0.2) is 51.2 Å². The number of aliphatic imine (C=N–C) groups is 1. The zero-order chi connectivity index (χ0) is 16.7. The largest absolute Gasteiger partial charge is 0.497 e. The normalized spacial score (nSPS) is 16.1. The van der Waals surface area contributed by atoms with Crippen molar-refractivity contribution in [3.63, 3.8) is 0 Å². The summed E-state index contributed by atoms with van der Waals surface area (Å²) in [5, 5.41) is 3.37. The van der Waals surface area contributed by atoms with E-state index in [0.717, 1.165) is 43.2 Å². The maximum Gasteiger partial charge on any atom is 0.308 e. The molecule has 0 aliphatic carbocycles. The second-order valence-electron chi connectivity index (χ2n) is 5.54. The third kappa shape index (κ3) is 4.61. The van der Waals surface area contributed by atoms with E-state index < -0.39 is 0 Å². The van der Waals surface area contributed by atoms with Crippen molar-refractivity contribution in [2.45, 2.75) is 19.4 Å². The molecule has 1 aliphatic rings. The summed E-state index contributed by atoms with van der Waals surface area (Å²) >= 11 is 0. The van der Waals surface area contributed by atoms with Crippen LogP contribution in [0.4, 0.5) is 0 Å². The van der Waals surface area contributed by atoms with Crippen molar-refractivity contribution in [3.05, 3.63) is 29.8 Å². The van der Waals surface area contributed by atoms with E-state index in [0.29, 0.717) is 6.54 Å². The lowest BCUT2D eigenvalue weighted by molar-refractivity contribution is -0.146. The van der Waals surface area contributed by atoms with E-state index in [-0.39, 0.29) is 11.9 Å². The fourth-order valence-electron chi connectivity index (χ4n) is 2.79. The number of carbonyl (C=O) groups excluding carboxylic acids is 1. The molecule has 1 aromatic carbocycles. The number of guanidine groups is 1. The van der Waals surface area contributed by atoms with E-state index in [4.69, 9.17) is 9.47 Å². The van der Waals surface area contributed by atoms with Gasteiger partial charge in [-0.05, 0) is 30.5 Å². The second-order valence-corrected chi connectivity index (χ2v) is 5.54. The standard InChI is InChI=1S/C17H25N3O3/c1-18-17(19-12-13-5-4-6-15(11-13)22-2)20-9-7-14(8-10-20)16(21)23-3/h4-6,11,14H,7-10,12H2,1-3H3,(H,18,19). The molecular formula is C17H25N3O3. The first-order chi connectivity index (χ1) is 11.2. The molecule has 0 radical (unpaired) electrons. The molecule has 0 atom stereocenters. The molecule has 0 aromatic heterocycles. The van der Waals surface area contributed by atoms with E-state index in [9.17, 15) is 4.79 Å². The highest BCUT2D eigenvalue weighted by molar-refractivity contribution is 5.80. The van der Waals surface area contributed by atoms with Gasteiger partial charge in [-0.3, -0.25) is 9.79 Å². The molecule has 1 heterocycles. The topological polar surface area (TPSA) is 63.2 Å². The van der Waals surface area contributed by atoms with Crippen LogP contribution in [0.2, 0.25) is 0 Å². The van der Waals surface area contributed by atoms with Gasteiger partial charge in [-0.15, -0.1) is 0 Å². The fourth-order valence-corrected chi connectivity index (χ4v) is 2.79. The first-order valence-corrected chi connectivity index (χ1v) is 7.84. The summed E-state index contributed by atoms with van der Waals surface area (Å²) in [5.41, 5.74) is 1.13. The van der Waals surface area contributed by atoms with Crippen molar-refractivity contribution < 1.29 is 14.3 Å². The lowest BCUT2D eigenvalue weighted by Gasteiger charge is -2.33. The van der Waals surface area contributed by atoms with Crippen LogP contribution in [0.5, 0.6) is 5.75 Å². The van der Waals surface area contributed by atoms with Gasteiger partial charge in [0.05, 0.1) is 20.1 Å². The lowest BCUT2D eigenvalue weighted by Crippen LogP contribution is -2.46. The van der Waals surface area contributed by atoms with Gasteiger partial charge in [0.25, 0.3) is 0 Å². The van der Waals surface area contributed by atoms with Crippen molar-refractivity contribution in [2.75, 3.05) is 34.4 Å². The lowest BCUT2D eigenvalue weighted by atomic mass is 9.97. The number of likely N-dealkylation sites (tertiary alicyclic amines) is 1. The van der Waals surface area contributed by atoms with Crippen LogP contribution in [-0.2, 0) is 16.1 Å². The van der Waals surface area contributed by atoms with Crippen LogP contribution < -0.4 is 10.1 Å². The molecule has 1 saturated heterocycles. The Bertz CT molecular complexity index is 552. The average molecular weight is 319 g/mol. The Morgan fingerprint density at radius 1 is 1.35 bits per heavy atom. The number of hydrogen-bond acceptors (Lipinski definition) is 4. The molecular weight excluding hydrogens is 294 g/mol. The number of nitrogens with one attached hydrogen (secondary N) is 1. The average Bonchev–Trinajstić information content (AvgIpc) is 2.62. The van der Waals surface area contributed by atoms with E-state index >= 15 is 0 Å². The molecule has 23 heavy (non-hydrogen) atoms.